The van der Waals surface area contributed by atoms with Gasteiger partial charge in [-0.15, -0.1) is 0 Å². The number of hydrogen-bond acceptors (Lipinski definition) is 1. The van der Waals surface area contributed by atoms with Crippen LogP contribution in [-0.2, 0) is 0 Å². The molecule has 2 fully saturated rings. The van der Waals surface area contributed by atoms with Crippen molar-refractivity contribution in [1.82, 2.24) is 5.32 Å². The molecule has 118 valence electrons. The lowest BCUT2D eigenvalue weighted by atomic mass is 9.69. The summed E-state index contributed by atoms with van der Waals surface area (Å²) in [5.74, 6) is 3.48. The maximum atomic E-state index is 4.11. The average molecular weight is 280 g/mol. The van der Waals surface area contributed by atoms with E-state index in [0.29, 0.717) is 5.41 Å². The van der Waals surface area contributed by atoms with Crippen LogP contribution >= 0.6 is 0 Å². The molecule has 5 unspecified atom stereocenters. The van der Waals surface area contributed by atoms with Crippen molar-refractivity contribution in [2.75, 3.05) is 0 Å². The van der Waals surface area contributed by atoms with E-state index in [1.54, 1.807) is 0 Å². The molecule has 1 nitrogen and oxygen atoms in total. The third-order valence-corrected chi connectivity index (χ3v) is 6.14. The van der Waals surface area contributed by atoms with E-state index in [1.165, 1.54) is 38.5 Å². The first-order chi connectivity index (χ1) is 9.28. The van der Waals surface area contributed by atoms with Gasteiger partial charge in [-0.05, 0) is 61.2 Å². The summed E-state index contributed by atoms with van der Waals surface area (Å²) in [5.41, 5.74) is 0.564. The van der Waals surface area contributed by atoms with E-state index in [1.807, 2.05) is 0 Å². The molecule has 2 aliphatic carbocycles. The maximum absolute atomic E-state index is 4.11. The van der Waals surface area contributed by atoms with Gasteiger partial charge >= 0.3 is 0 Å². The molecule has 0 radical (unpaired) electrons. The van der Waals surface area contributed by atoms with Gasteiger partial charge in [0.25, 0.3) is 0 Å². The summed E-state index contributed by atoms with van der Waals surface area (Å²) in [5, 5.41) is 4.11. The normalized spacial score (nSPS) is 41.9. The van der Waals surface area contributed by atoms with Crippen LogP contribution in [0.2, 0.25) is 0 Å². The van der Waals surface area contributed by atoms with Crippen LogP contribution in [0.5, 0.6) is 0 Å². The Kier molecular flexibility index (Phi) is 5.21. The van der Waals surface area contributed by atoms with E-state index < -0.39 is 0 Å². The standard InChI is InChI=1S/C19H37N/c1-13(2)16-8-7-14(3)11-18(16)20-17-9-10-19(5,6)12-15(17)4/h13-18,20H,7-12H2,1-6H3. The third-order valence-electron chi connectivity index (χ3n) is 6.14. The van der Waals surface area contributed by atoms with Crippen molar-refractivity contribution in [3.05, 3.63) is 0 Å². The molecular weight excluding hydrogens is 242 g/mol. The Hall–Kier alpha value is -0.0400. The van der Waals surface area contributed by atoms with Crippen molar-refractivity contribution < 1.29 is 0 Å². The quantitative estimate of drug-likeness (QED) is 0.744. The van der Waals surface area contributed by atoms with E-state index in [4.69, 9.17) is 0 Å². The Labute approximate surface area is 127 Å². The molecule has 0 amide bonds. The highest BCUT2D eigenvalue weighted by atomic mass is 15.0. The van der Waals surface area contributed by atoms with Gasteiger partial charge < -0.3 is 5.32 Å². The summed E-state index contributed by atoms with van der Waals surface area (Å²) in [6.45, 7) is 14.6. The van der Waals surface area contributed by atoms with E-state index in [-0.39, 0.29) is 0 Å². The van der Waals surface area contributed by atoms with Gasteiger partial charge in [0, 0.05) is 12.1 Å². The summed E-state index contributed by atoms with van der Waals surface area (Å²) < 4.78 is 0. The molecule has 0 saturated heterocycles. The van der Waals surface area contributed by atoms with Crippen LogP contribution in [-0.4, -0.2) is 12.1 Å². The molecule has 0 aromatic heterocycles. The molecule has 20 heavy (non-hydrogen) atoms. The van der Waals surface area contributed by atoms with Gasteiger partial charge in [0.2, 0.25) is 0 Å². The fraction of sp³-hybridized carbons (Fsp3) is 1.00. The second kappa shape index (κ2) is 6.38. The summed E-state index contributed by atoms with van der Waals surface area (Å²) >= 11 is 0. The molecule has 1 N–H and O–H groups in total. The predicted molar refractivity (Wildman–Crippen MR) is 88.9 cm³/mol. The fourth-order valence-corrected chi connectivity index (χ4v) is 4.86. The highest BCUT2D eigenvalue weighted by Gasteiger charge is 2.36. The largest absolute Gasteiger partial charge is 0.311 e. The van der Waals surface area contributed by atoms with Crippen molar-refractivity contribution in [3.8, 4) is 0 Å². The van der Waals surface area contributed by atoms with Crippen molar-refractivity contribution in [2.24, 2.45) is 29.1 Å². The van der Waals surface area contributed by atoms with Crippen LogP contribution in [0.15, 0.2) is 0 Å². The van der Waals surface area contributed by atoms with Crippen LogP contribution in [0.4, 0.5) is 0 Å². The summed E-state index contributed by atoms with van der Waals surface area (Å²) in [4.78, 5) is 0. The number of nitrogens with one attached hydrogen (secondary N) is 1. The lowest BCUT2D eigenvalue weighted by Gasteiger charge is -2.45. The van der Waals surface area contributed by atoms with Gasteiger partial charge in [0.15, 0.2) is 0 Å². The number of rotatable bonds is 3. The minimum Gasteiger partial charge on any atom is -0.311 e. The lowest BCUT2D eigenvalue weighted by molar-refractivity contribution is 0.102. The second-order valence-electron chi connectivity index (χ2n) is 9.09. The molecule has 0 spiro atoms. The van der Waals surface area contributed by atoms with Crippen LogP contribution in [0, 0.1) is 29.1 Å². The Morgan fingerprint density at radius 1 is 1.00 bits per heavy atom. The first-order valence-electron chi connectivity index (χ1n) is 9.04. The molecule has 0 aromatic carbocycles. The van der Waals surface area contributed by atoms with Crippen LogP contribution in [0.3, 0.4) is 0 Å². The average Bonchev–Trinajstić information content (AvgIpc) is 2.32. The van der Waals surface area contributed by atoms with Crippen molar-refractivity contribution in [3.63, 3.8) is 0 Å². The van der Waals surface area contributed by atoms with Crippen molar-refractivity contribution in [1.29, 1.82) is 0 Å². The SMILES string of the molecule is CC1CCC(C(C)C)C(NC2CCC(C)(C)CC2C)C1. The van der Waals surface area contributed by atoms with Crippen LogP contribution in [0.25, 0.3) is 0 Å². The molecule has 2 saturated carbocycles. The zero-order valence-corrected chi connectivity index (χ0v) is 14.7. The predicted octanol–water partition coefficient (Wildman–Crippen LogP) is 5.25. The Morgan fingerprint density at radius 3 is 2.30 bits per heavy atom. The Balaban J connectivity index is 1.96. The Morgan fingerprint density at radius 2 is 1.70 bits per heavy atom. The monoisotopic (exact) mass is 279 g/mol. The van der Waals surface area contributed by atoms with Gasteiger partial charge in [0.1, 0.15) is 0 Å². The minimum absolute atomic E-state index is 0.564. The highest BCUT2D eigenvalue weighted by Crippen LogP contribution is 2.40. The van der Waals surface area contributed by atoms with E-state index in [2.05, 4.69) is 46.9 Å². The highest BCUT2D eigenvalue weighted by molar-refractivity contribution is 4.92. The molecule has 2 rings (SSSR count). The molecule has 0 aromatic rings. The zero-order chi connectivity index (χ0) is 14.9. The van der Waals surface area contributed by atoms with Gasteiger partial charge in [-0.3, -0.25) is 0 Å². The first kappa shape index (κ1) is 16.3. The molecule has 5 atom stereocenters. The minimum atomic E-state index is 0.564. The summed E-state index contributed by atoms with van der Waals surface area (Å²) in [6, 6.07) is 1.53. The zero-order valence-electron chi connectivity index (χ0n) is 14.7. The molecule has 1 heteroatoms. The molecule has 2 aliphatic rings. The molecular formula is C19H37N. The summed E-state index contributed by atoms with van der Waals surface area (Å²) in [7, 11) is 0. The smallest absolute Gasteiger partial charge is 0.0103 e. The Bertz CT molecular complexity index is 307. The van der Waals surface area contributed by atoms with E-state index >= 15 is 0 Å². The summed E-state index contributed by atoms with van der Waals surface area (Å²) in [6.07, 6.45) is 8.43. The van der Waals surface area contributed by atoms with Gasteiger partial charge in [-0.1, -0.05) is 48.0 Å². The first-order valence-corrected chi connectivity index (χ1v) is 9.04. The van der Waals surface area contributed by atoms with Crippen molar-refractivity contribution >= 4 is 0 Å². The van der Waals surface area contributed by atoms with Crippen molar-refractivity contribution in [2.45, 2.75) is 92.2 Å². The third kappa shape index (κ3) is 4.00. The second-order valence-corrected chi connectivity index (χ2v) is 9.09. The molecule has 0 bridgehead atoms. The topological polar surface area (TPSA) is 12.0 Å². The van der Waals surface area contributed by atoms with Gasteiger partial charge in [-0.2, -0.15) is 0 Å². The fourth-order valence-electron chi connectivity index (χ4n) is 4.86. The lowest BCUT2D eigenvalue weighted by Crippen LogP contribution is -2.51. The van der Waals surface area contributed by atoms with Crippen LogP contribution in [0.1, 0.15) is 80.1 Å². The molecule has 0 heterocycles. The van der Waals surface area contributed by atoms with Crippen LogP contribution < -0.4 is 5.32 Å². The van der Waals surface area contributed by atoms with Gasteiger partial charge in [-0.25, -0.2) is 0 Å². The molecule has 0 aliphatic heterocycles. The number of hydrogen-bond donors (Lipinski definition) is 1. The van der Waals surface area contributed by atoms with E-state index in [9.17, 15) is 0 Å². The van der Waals surface area contributed by atoms with E-state index in [0.717, 1.165) is 35.8 Å². The maximum Gasteiger partial charge on any atom is 0.0103 e. The van der Waals surface area contributed by atoms with Gasteiger partial charge in [0.05, 0.1) is 0 Å².